The van der Waals surface area contributed by atoms with Crippen LogP contribution in [0.4, 0.5) is 5.69 Å². The van der Waals surface area contributed by atoms with Crippen LogP contribution in [0, 0.1) is 0 Å². The molecule has 2 heterocycles. The van der Waals surface area contributed by atoms with E-state index < -0.39 is 11.5 Å². The molecule has 2 N–H and O–H groups in total. The van der Waals surface area contributed by atoms with Crippen molar-refractivity contribution in [2.24, 2.45) is 0 Å². The summed E-state index contributed by atoms with van der Waals surface area (Å²) >= 11 is 0. The number of benzene rings is 2. The van der Waals surface area contributed by atoms with Crippen LogP contribution in [-0.2, 0) is 0 Å². The summed E-state index contributed by atoms with van der Waals surface area (Å²) in [5.41, 5.74) is 1.36. The quantitative estimate of drug-likeness (QED) is 0.551. The minimum Gasteiger partial charge on any atom is -0.320 e. The van der Waals surface area contributed by atoms with Gasteiger partial charge in [0, 0.05) is 11.3 Å². The van der Waals surface area contributed by atoms with Gasteiger partial charge in [0.2, 0.25) is 0 Å². The zero-order valence-corrected chi connectivity index (χ0v) is 13.7. The summed E-state index contributed by atoms with van der Waals surface area (Å²) in [6.07, 6.45) is 0. The molecule has 4 aromatic rings. The van der Waals surface area contributed by atoms with E-state index >= 15 is 0 Å². The van der Waals surface area contributed by atoms with Crippen LogP contribution in [0.5, 0.6) is 0 Å². The van der Waals surface area contributed by atoms with Crippen molar-refractivity contribution in [2.75, 3.05) is 5.32 Å². The standard InChI is InChI=1S/C18H13N5O3/c1-10(24)11-6-8-12(9-7-11)19-18(26)15-16-20-17(25)13-4-2-3-5-14(13)23(16)22-21-15/h2-9,22H,1H3,(H,19,26). The van der Waals surface area contributed by atoms with Gasteiger partial charge in [0.25, 0.3) is 11.5 Å². The Kier molecular flexibility index (Phi) is 3.58. The van der Waals surface area contributed by atoms with E-state index in [-0.39, 0.29) is 17.1 Å². The Morgan fingerprint density at radius 2 is 1.81 bits per heavy atom. The van der Waals surface area contributed by atoms with E-state index in [9.17, 15) is 14.4 Å². The van der Waals surface area contributed by atoms with E-state index in [1.165, 1.54) is 11.4 Å². The summed E-state index contributed by atoms with van der Waals surface area (Å²) < 4.78 is 1.49. The first-order valence-electron chi connectivity index (χ1n) is 7.83. The summed E-state index contributed by atoms with van der Waals surface area (Å²) in [6.45, 7) is 1.47. The Morgan fingerprint density at radius 3 is 2.54 bits per heavy atom. The largest absolute Gasteiger partial charge is 0.320 e. The van der Waals surface area contributed by atoms with Crippen LogP contribution in [-0.4, -0.2) is 31.5 Å². The number of nitrogens with zero attached hydrogens (tertiary/aromatic N) is 3. The number of ketones is 1. The van der Waals surface area contributed by atoms with Gasteiger partial charge in [-0.25, -0.2) is 9.73 Å². The lowest BCUT2D eigenvalue weighted by Crippen LogP contribution is -2.16. The van der Waals surface area contributed by atoms with E-state index in [2.05, 4.69) is 20.6 Å². The first-order chi connectivity index (χ1) is 12.5. The average molecular weight is 347 g/mol. The van der Waals surface area contributed by atoms with Crippen molar-refractivity contribution in [3.63, 3.8) is 0 Å². The Bertz CT molecular complexity index is 1220. The number of hydrogen-bond acceptors (Lipinski definition) is 5. The molecule has 8 heteroatoms. The maximum Gasteiger partial charge on any atom is 0.281 e. The van der Waals surface area contributed by atoms with Crippen LogP contribution < -0.4 is 10.9 Å². The van der Waals surface area contributed by atoms with Crippen molar-refractivity contribution in [2.45, 2.75) is 6.92 Å². The van der Waals surface area contributed by atoms with Crippen LogP contribution in [0.25, 0.3) is 16.6 Å². The fourth-order valence-electron chi connectivity index (χ4n) is 2.71. The molecule has 0 saturated heterocycles. The normalized spacial score (nSPS) is 11.0. The molecule has 0 saturated carbocycles. The second kappa shape index (κ2) is 5.92. The Hall–Kier alpha value is -3.81. The minimum atomic E-state index is -0.512. The van der Waals surface area contributed by atoms with Crippen LogP contribution >= 0.6 is 0 Å². The molecular weight excluding hydrogens is 334 g/mol. The minimum absolute atomic E-state index is 0.00324. The zero-order chi connectivity index (χ0) is 18.3. The number of nitrogens with one attached hydrogen (secondary N) is 2. The van der Waals surface area contributed by atoms with E-state index in [1.807, 2.05) is 0 Å². The predicted molar refractivity (Wildman–Crippen MR) is 95.5 cm³/mol. The fourth-order valence-corrected chi connectivity index (χ4v) is 2.71. The van der Waals surface area contributed by atoms with Gasteiger partial charge in [-0.1, -0.05) is 12.1 Å². The van der Waals surface area contributed by atoms with Gasteiger partial charge in [-0.05, 0) is 43.3 Å². The highest BCUT2D eigenvalue weighted by Gasteiger charge is 2.18. The monoisotopic (exact) mass is 347 g/mol. The molecule has 8 nitrogen and oxygen atoms in total. The Morgan fingerprint density at radius 1 is 1.08 bits per heavy atom. The highest BCUT2D eigenvalue weighted by atomic mass is 16.2. The SMILES string of the molecule is CC(=O)c1ccc(NC(=O)c2n[nH]n3c2nc(=O)c2ccccc23)cc1. The number of anilines is 1. The van der Waals surface area contributed by atoms with Gasteiger partial charge >= 0.3 is 0 Å². The molecule has 4 rings (SSSR count). The van der Waals surface area contributed by atoms with E-state index in [4.69, 9.17) is 0 Å². The number of hydrogen-bond donors (Lipinski definition) is 2. The van der Waals surface area contributed by atoms with Crippen molar-refractivity contribution in [1.29, 1.82) is 0 Å². The molecule has 0 fully saturated rings. The van der Waals surface area contributed by atoms with Crippen LogP contribution in [0.2, 0.25) is 0 Å². The lowest BCUT2D eigenvalue weighted by molar-refractivity contribution is 0.101. The molecule has 0 aliphatic carbocycles. The van der Waals surface area contributed by atoms with Gasteiger partial charge in [-0.3, -0.25) is 14.4 Å². The number of para-hydroxylation sites is 1. The summed E-state index contributed by atoms with van der Waals surface area (Å²) in [5.74, 6) is -0.571. The smallest absolute Gasteiger partial charge is 0.281 e. The lowest BCUT2D eigenvalue weighted by atomic mass is 10.1. The van der Waals surface area contributed by atoms with Crippen LogP contribution in [0.3, 0.4) is 0 Å². The second-order valence-corrected chi connectivity index (χ2v) is 5.74. The number of aromatic nitrogens is 4. The number of rotatable bonds is 3. The average Bonchev–Trinajstić information content (AvgIpc) is 3.06. The molecule has 1 amide bonds. The van der Waals surface area contributed by atoms with Crippen molar-refractivity contribution in [1.82, 2.24) is 19.8 Å². The van der Waals surface area contributed by atoms with E-state index in [0.717, 1.165) is 0 Å². The zero-order valence-electron chi connectivity index (χ0n) is 13.7. The molecule has 0 unspecified atom stereocenters. The third kappa shape index (κ3) is 2.53. The van der Waals surface area contributed by atoms with Crippen molar-refractivity contribution in [3.05, 3.63) is 70.1 Å². The van der Waals surface area contributed by atoms with E-state index in [1.54, 1.807) is 48.5 Å². The van der Waals surface area contributed by atoms with Gasteiger partial charge in [0.1, 0.15) is 0 Å². The molecule has 0 radical (unpaired) electrons. The van der Waals surface area contributed by atoms with Gasteiger partial charge < -0.3 is 5.32 Å². The predicted octanol–water partition coefficient (Wildman–Crippen LogP) is 2.03. The van der Waals surface area contributed by atoms with E-state index in [0.29, 0.717) is 22.2 Å². The lowest BCUT2D eigenvalue weighted by Gasteiger charge is -2.04. The summed E-state index contributed by atoms with van der Waals surface area (Å²) in [7, 11) is 0. The van der Waals surface area contributed by atoms with Crippen molar-refractivity contribution < 1.29 is 9.59 Å². The first-order valence-corrected chi connectivity index (χ1v) is 7.83. The second-order valence-electron chi connectivity index (χ2n) is 5.74. The van der Waals surface area contributed by atoms with Crippen LogP contribution in [0.1, 0.15) is 27.8 Å². The molecule has 0 atom stereocenters. The third-order valence-corrected chi connectivity index (χ3v) is 4.03. The first kappa shape index (κ1) is 15.7. The van der Waals surface area contributed by atoms with Gasteiger partial charge in [-0.15, -0.1) is 5.10 Å². The molecule has 128 valence electrons. The third-order valence-electron chi connectivity index (χ3n) is 4.03. The van der Waals surface area contributed by atoms with Gasteiger partial charge in [-0.2, -0.15) is 4.98 Å². The van der Waals surface area contributed by atoms with Gasteiger partial charge in [0.05, 0.1) is 10.9 Å². The molecule has 0 bridgehead atoms. The maximum atomic E-state index is 12.5. The molecule has 2 aromatic heterocycles. The number of aromatic amines is 1. The number of Topliss-reactive ketones (excluding diaryl/α,β-unsaturated/α-hetero) is 1. The summed E-state index contributed by atoms with van der Waals surface area (Å²) in [4.78, 5) is 40.0. The maximum absolute atomic E-state index is 12.5. The molecule has 0 aliphatic heterocycles. The van der Waals surface area contributed by atoms with Crippen molar-refractivity contribution >= 4 is 33.9 Å². The van der Waals surface area contributed by atoms with Crippen molar-refractivity contribution in [3.8, 4) is 0 Å². The molecule has 0 spiro atoms. The fraction of sp³-hybridized carbons (Fsp3) is 0.0556. The topological polar surface area (TPSA) is 109 Å². The molecule has 2 aromatic carbocycles. The number of carbonyl (C=O) groups is 2. The number of fused-ring (bicyclic) bond motifs is 3. The summed E-state index contributed by atoms with van der Waals surface area (Å²) in [5, 5.41) is 9.82. The Labute approximate surface area is 146 Å². The molecule has 26 heavy (non-hydrogen) atoms. The van der Waals surface area contributed by atoms with Crippen LogP contribution in [0.15, 0.2) is 53.3 Å². The number of carbonyl (C=O) groups excluding carboxylic acids is 2. The highest BCUT2D eigenvalue weighted by molar-refractivity contribution is 6.07. The Balaban J connectivity index is 1.73. The number of H-pyrrole nitrogens is 1. The molecular formula is C18H13N5O3. The number of amides is 1. The summed E-state index contributed by atoms with van der Waals surface area (Å²) in [6, 6.07) is 13.4. The van der Waals surface area contributed by atoms with Gasteiger partial charge in [0.15, 0.2) is 17.1 Å². The molecule has 0 aliphatic rings. The highest BCUT2D eigenvalue weighted by Crippen LogP contribution is 2.15.